The molecule has 0 radical (unpaired) electrons. The van der Waals surface area contributed by atoms with Crippen LogP contribution >= 0.6 is 12.2 Å². The van der Waals surface area contributed by atoms with Crippen molar-refractivity contribution in [2.45, 2.75) is 13.0 Å². The van der Waals surface area contributed by atoms with Crippen LogP contribution in [0.3, 0.4) is 0 Å². The predicted molar refractivity (Wildman–Crippen MR) is 70.6 cm³/mol. The quantitative estimate of drug-likeness (QED) is 0.595. The maximum atomic E-state index is 12.0. The Morgan fingerprint density at radius 3 is 2.83 bits per heavy atom. The number of nitrogens with zero attached hydrogens (tertiary/aromatic N) is 1. The Kier molecular flexibility index (Phi) is 5.45. The maximum absolute atomic E-state index is 12.0. The van der Waals surface area contributed by atoms with Crippen LogP contribution in [0.15, 0.2) is 0 Å². The molecular weight excluding hydrogens is 278 g/mol. The largest absolute Gasteiger partial charge is 0.392 e. The number of thiocarbonyl (C=S) groups is 1. The highest BCUT2D eigenvalue weighted by atomic mass is 32.2. The summed E-state index contributed by atoms with van der Waals surface area (Å²) >= 11 is 4.61. The van der Waals surface area contributed by atoms with Gasteiger partial charge >= 0.3 is 0 Å². The third-order valence-electron chi connectivity index (χ3n) is 2.41. The normalized spacial score (nSPS) is 21.5. The van der Waals surface area contributed by atoms with Crippen molar-refractivity contribution in [3.8, 4) is 0 Å². The monoisotopic (exact) mass is 295 g/mol. The van der Waals surface area contributed by atoms with Gasteiger partial charge in [-0.2, -0.15) is 4.31 Å². The van der Waals surface area contributed by atoms with Gasteiger partial charge in [0, 0.05) is 13.1 Å². The molecule has 18 heavy (non-hydrogen) atoms. The number of nitrogens with one attached hydrogen (secondary N) is 1. The fourth-order valence-electron chi connectivity index (χ4n) is 1.68. The Hall–Kier alpha value is -0.770. The SMILES string of the molecule is CCNC(=O)C1COCCN1S(=O)(=O)CC(N)=S. The summed E-state index contributed by atoms with van der Waals surface area (Å²) in [5.74, 6) is -0.804. The first kappa shape index (κ1) is 15.3. The maximum Gasteiger partial charge on any atom is 0.240 e. The highest BCUT2D eigenvalue weighted by Gasteiger charge is 2.37. The zero-order valence-electron chi connectivity index (χ0n) is 10.1. The number of nitrogens with two attached hydrogens (primary N) is 1. The molecule has 7 nitrogen and oxygen atoms in total. The van der Waals surface area contributed by atoms with Gasteiger partial charge in [-0.25, -0.2) is 8.42 Å². The summed E-state index contributed by atoms with van der Waals surface area (Å²) in [5, 5.41) is 2.58. The molecule has 0 bridgehead atoms. The molecule has 1 fully saturated rings. The van der Waals surface area contributed by atoms with Crippen molar-refractivity contribution >= 4 is 33.1 Å². The summed E-state index contributed by atoms with van der Waals surface area (Å²) in [4.78, 5) is 11.7. The number of hydrogen-bond acceptors (Lipinski definition) is 5. The molecule has 1 aliphatic rings. The number of ether oxygens (including phenoxy) is 1. The van der Waals surface area contributed by atoms with E-state index in [-0.39, 0.29) is 30.7 Å². The lowest BCUT2D eigenvalue weighted by atomic mass is 10.2. The van der Waals surface area contributed by atoms with E-state index in [0.29, 0.717) is 6.54 Å². The van der Waals surface area contributed by atoms with Gasteiger partial charge in [0.25, 0.3) is 0 Å². The molecule has 1 unspecified atom stereocenters. The molecule has 3 N–H and O–H groups in total. The summed E-state index contributed by atoms with van der Waals surface area (Å²) < 4.78 is 30.3. The first-order chi connectivity index (χ1) is 8.38. The number of hydrogen-bond donors (Lipinski definition) is 2. The second kappa shape index (κ2) is 6.41. The first-order valence-corrected chi connectivity index (χ1v) is 7.53. The molecule has 1 atom stereocenters. The average molecular weight is 295 g/mol. The fraction of sp³-hybridized carbons (Fsp3) is 0.778. The van der Waals surface area contributed by atoms with Crippen molar-refractivity contribution in [2.24, 2.45) is 5.73 Å². The van der Waals surface area contributed by atoms with Crippen LogP contribution in [0.2, 0.25) is 0 Å². The average Bonchev–Trinajstić information content (AvgIpc) is 2.27. The van der Waals surface area contributed by atoms with Crippen LogP contribution in [-0.4, -0.2) is 61.7 Å². The van der Waals surface area contributed by atoms with Gasteiger partial charge in [0.05, 0.1) is 18.2 Å². The van der Waals surface area contributed by atoms with Crippen molar-refractivity contribution in [1.82, 2.24) is 9.62 Å². The molecule has 0 spiro atoms. The Balaban J connectivity index is 2.88. The Labute approximate surface area is 112 Å². The number of amides is 1. The molecule has 9 heteroatoms. The van der Waals surface area contributed by atoms with Gasteiger partial charge in [-0.3, -0.25) is 4.79 Å². The number of carbonyl (C=O) groups is 1. The van der Waals surface area contributed by atoms with Crippen LogP contribution in [0, 0.1) is 0 Å². The van der Waals surface area contributed by atoms with Crippen LogP contribution in [0.4, 0.5) is 0 Å². The summed E-state index contributed by atoms with van der Waals surface area (Å²) in [6.07, 6.45) is 0. The van der Waals surface area contributed by atoms with Gasteiger partial charge in [-0.1, -0.05) is 12.2 Å². The van der Waals surface area contributed by atoms with Crippen LogP contribution in [-0.2, 0) is 19.6 Å². The molecule has 1 aliphatic heterocycles. The van der Waals surface area contributed by atoms with Crippen molar-refractivity contribution in [3.63, 3.8) is 0 Å². The molecule has 104 valence electrons. The topological polar surface area (TPSA) is 102 Å². The minimum atomic E-state index is -3.67. The highest BCUT2D eigenvalue weighted by Crippen LogP contribution is 2.13. The van der Waals surface area contributed by atoms with E-state index < -0.39 is 21.8 Å². The summed E-state index contributed by atoms with van der Waals surface area (Å²) in [5.41, 5.74) is 5.26. The van der Waals surface area contributed by atoms with E-state index >= 15 is 0 Å². The minimum Gasteiger partial charge on any atom is -0.392 e. The molecular formula is C9H17N3O4S2. The molecule has 0 saturated carbocycles. The van der Waals surface area contributed by atoms with E-state index in [1.807, 2.05) is 0 Å². The van der Waals surface area contributed by atoms with Crippen LogP contribution < -0.4 is 11.1 Å². The molecule has 1 amide bonds. The third-order valence-corrected chi connectivity index (χ3v) is 4.57. The summed E-state index contributed by atoms with van der Waals surface area (Å²) in [7, 11) is -3.67. The van der Waals surface area contributed by atoms with Crippen molar-refractivity contribution in [2.75, 3.05) is 32.1 Å². The summed E-state index contributed by atoms with van der Waals surface area (Å²) in [6.45, 7) is 2.62. The lowest BCUT2D eigenvalue weighted by Gasteiger charge is -2.33. The van der Waals surface area contributed by atoms with Crippen LogP contribution in [0.5, 0.6) is 0 Å². The van der Waals surface area contributed by atoms with E-state index in [1.54, 1.807) is 6.92 Å². The number of sulfonamides is 1. The molecule has 1 heterocycles. The lowest BCUT2D eigenvalue weighted by Crippen LogP contribution is -2.56. The third kappa shape index (κ3) is 3.87. The minimum absolute atomic E-state index is 0.0440. The van der Waals surface area contributed by atoms with Crippen molar-refractivity contribution < 1.29 is 17.9 Å². The standard InChI is InChI=1S/C9H17N3O4S2/c1-2-11-9(13)7-5-16-4-3-12(7)18(14,15)6-8(10)17/h7H,2-6H2,1H3,(H2,10,17)(H,11,13). The molecule has 1 saturated heterocycles. The van der Waals surface area contributed by atoms with Gasteiger partial charge in [-0.05, 0) is 6.92 Å². The highest BCUT2D eigenvalue weighted by molar-refractivity contribution is 7.92. The van der Waals surface area contributed by atoms with E-state index in [9.17, 15) is 13.2 Å². The molecule has 0 aliphatic carbocycles. The van der Waals surface area contributed by atoms with Gasteiger partial charge in [-0.15, -0.1) is 0 Å². The molecule has 1 rings (SSSR count). The molecule has 0 aromatic carbocycles. The number of likely N-dealkylation sites (N-methyl/N-ethyl adjacent to an activating group) is 1. The zero-order valence-corrected chi connectivity index (χ0v) is 11.7. The van der Waals surface area contributed by atoms with Crippen molar-refractivity contribution in [1.29, 1.82) is 0 Å². The molecule has 0 aromatic heterocycles. The molecule has 0 aromatic rings. The van der Waals surface area contributed by atoms with E-state index in [0.717, 1.165) is 4.31 Å². The number of morpholine rings is 1. The zero-order chi connectivity index (χ0) is 13.8. The number of rotatable bonds is 5. The second-order valence-electron chi connectivity index (χ2n) is 3.82. The predicted octanol–water partition coefficient (Wildman–Crippen LogP) is -1.56. The second-order valence-corrected chi connectivity index (χ2v) is 6.26. The van der Waals surface area contributed by atoms with Crippen LogP contribution in [0.25, 0.3) is 0 Å². The van der Waals surface area contributed by atoms with Gasteiger partial charge in [0.2, 0.25) is 15.9 Å². The van der Waals surface area contributed by atoms with Crippen molar-refractivity contribution in [3.05, 3.63) is 0 Å². The lowest BCUT2D eigenvalue weighted by molar-refractivity contribution is -0.129. The Bertz CT molecular complexity index is 424. The Morgan fingerprint density at radius 1 is 1.61 bits per heavy atom. The number of carbonyl (C=O) groups excluding carboxylic acids is 1. The van der Waals surface area contributed by atoms with Gasteiger partial charge in [0.1, 0.15) is 11.8 Å². The van der Waals surface area contributed by atoms with E-state index in [4.69, 9.17) is 10.5 Å². The smallest absolute Gasteiger partial charge is 0.240 e. The van der Waals surface area contributed by atoms with Gasteiger partial charge < -0.3 is 15.8 Å². The van der Waals surface area contributed by atoms with E-state index in [1.165, 1.54) is 0 Å². The van der Waals surface area contributed by atoms with Crippen LogP contribution in [0.1, 0.15) is 6.92 Å². The first-order valence-electron chi connectivity index (χ1n) is 5.51. The Morgan fingerprint density at radius 2 is 2.28 bits per heavy atom. The summed E-state index contributed by atoms with van der Waals surface area (Å²) in [6, 6.07) is -0.849. The fourth-order valence-corrected chi connectivity index (χ4v) is 3.55. The van der Waals surface area contributed by atoms with Gasteiger partial charge in [0.15, 0.2) is 0 Å². The van der Waals surface area contributed by atoms with E-state index in [2.05, 4.69) is 17.5 Å².